The van der Waals surface area contributed by atoms with Gasteiger partial charge in [-0.1, -0.05) is 19.1 Å². The minimum atomic E-state index is -0.374. The van der Waals surface area contributed by atoms with Crippen molar-refractivity contribution >= 4 is 0 Å². The molecule has 1 aromatic heterocycles. The summed E-state index contributed by atoms with van der Waals surface area (Å²) in [6.07, 6.45) is 0. The molecule has 2 aromatic rings. The quantitative estimate of drug-likeness (QED) is 0.889. The van der Waals surface area contributed by atoms with Gasteiger partial charge in [0.1, 0.15) is 17.2 Å². The standard InChI is InChI=1S/C15H19N3O/c1-4-16-9-12-17-13-10-7-5-6-8-11(10)19-15(2,3)14(13)18-12/h5-8,16H,4,9H2,1-3H3,(H,17,18). The Morgan fingerprint density at radius 3 is 2.89 bits per heavy atom. The zero-order chi connectivity index (χ0) is 13.5. The Kier molecular flexibility index (Phi) is 2.82. The topological polar surface area (TPSA) is 49.9 Å². The summed E-state index contributed by atoms with van der Waals surface area (Å²) in [5.74, 6) is 1.86. The molecule has 0 saturated heterocycles. The van der Waals surface area contributed by atoms with Crippen LogP contribution in [0.2, 0.25) is 0 Å². The molecule has 1 aliphatic heterocycles. The van der Waals surface area contributed by atoms with E-state index >= 15 is 0 Å². The number of H-pyrrole nitrogens is 1. The Morgan fingerprint density at radius 1 is 1.32 bits per heavy atom. The molecule has 0 saturated carbocycles. The Labute approximate surface area is 113 Å². The van der Waals surface area contributed by atoms with E-state index in [0.29, 0.717) is 0 Å². The molecular weight excluding hydrogens is 238 g/mol. The Hall–Kier alpha value is -1.81. The van der Waals surface area contributed by atoms with Crippen molar-refractivity contribution in [2.24, 2.45) is 0 Å². The molecule has 0 unspecified atom stereocenters. The Morgan fingerprint density at radius 2 is 2.11 bits per heavy atom. The molecule has 0 spiro atoms. The fourth-order valence-electron chi connectivity index (χ4n) is 2.46. The molecule has 19 heavy (non-hydrogen) atoms. The van der Waals surface area contributed by atoms with E-state index in [0.717, 1.165) is 41.6 Å². The summed E-state index contributed by atoms with van der Waals surface area (Å²) >= 11 is 0. The van der Waals surface area contributed by atoms with Crippen molar-refractivity contribution < 1.29 is 4.74 Å². The van der Waals surface area contributed by atoms with Gasteiger partial charge in [-0.2, -0.15) is 0 Å². The van der Waals surface area contributed by atoms with E-state index in [1.807, 2.05) is 18.2 Å². The monoisotopic (exact) mass is 257 g/mol. The molecule has 3 rings (SSSR count). The highest BCUT2D eigenvalue weighted by Crippen LogP contribution is 2.43. The second-order valence-corrected chi connectivity index (χ2v) is 5.30. The van der Waals surface area contributed by atoms with Crippen LogP contribution in [-0.4, -0.2) is 16.5 Å². The van der Waals surface area contributed by atoms with Gasteiger partial charge in [0, 0.05) is 5.56 Å². The first kappa shape index (κ1) is 12.2. The normalized spacial score (nSPS) is 15.5. The number of ether oxygens (including phenoxy) is 1. The fraction of sp³-hybridized carbons (Fsp3) is 0.400. The second kappa shape index (κ2) is 4.38. The van der Waals surface area contributed by atoms with E-state index < -0.39 is 0 Å². The molecule has 0 fully saturated rings. The number of fused-ring (bicyclic) bond motifs is 3. The smallest absolute Gasteiger partial charge is 0.145 e. The fourth-order valence-corrected chi connectivity index (χ4v) is 2.46. The molecule has 0 aliphatic carbocycles. The highest BCUT2D eigenvalue weighted by atomic mass is 16.5. The minimum Gasteiger partial charge on any atom is -0.481 e. The molecular formula is C15H19N3O. The number of benzene rings is 1. The molecule has 100 valence electrons. The number of aromatic nitrogens is 2. The maximum absolute atomic E-state index is 6.07. The van der Waals surface area contributed by atoms with Gasteiger partial charge in [0.25, 0.3) is 0 Å². The van der Waals surface area contributed by atoms with Crippen molar-refractivity contribution in [3.05, 3.63) is 35.8 Å². The van der Waals surface area contributed by atoms with Crippen LogP contribution in [0.25, 0.3) is 11.3 Å². The Balaban J connectivity index is 2.09. The van der Waals surface area contributed by atoms with E-state index in [4.69, 9.17) is 9.72 Å². The van der Waals surface area contributed by atoms with Crippen LogP contribution >= 0.6 is 0 Å². The highest BCUT2D eigenvalue weighted by molar-refractivity contribution is 5.72. The number of para-hydroxylation sites is 1. The Bertz CT molecular complexity index is 601. The zero-order valence-corrected chi connectivity index (χ0v) is 11.6. The first-order valence-electron chi connectivity index (χ1n) is 6.70. The van der Waals surface area contributed by atoms with Crippen molar-refractivity contribution in [2.75, 3.05) is 6.54 Å². The molecule has 0 radical (unpaired) electrons. The number of nitrogens with one attached hydrogen (secondary N) is 2. The van der Waals surface area contributed by atoms with Crippen LogP contribution in [0.5, 0.6) is 5.75 Å². The van der Waals surface area contributed by atoms with Crippen molar-refractivity contribution in [2.45, 2.75) is 32.9 Å². The second-order valence-electron chi connectivity index (χ2n) is 5.30. The lowest BCUT2D eigenvalue weighted by Crippen LogP contribution is -2.29. The lowest BCUT2D eigenvalue weighted by atomic mass is 9.95. The molecule has 4 nitrogen and oxygen atoms in total. The van der Waals surface area contributed by atoms with Gasteiger partial charge in [-0.05, 0) is 32.5 Å². The van der Waals surface area contributed by atoms with Gasteiger partial charge >= 0.3 is 0 Å². The summed E-state index contributed by atoms with van der Waals surface area (Å²) in [6, 6.07) is 8.06. The third-order valence-electron chi connectivity index (χ3n) is 3.40. The van der Waals surface area contributed by atoms with Crippen molar-refractivity contribution in [3.8, 4) is 17.0 Å². The minimum absolute atomic E-state index is 0.374. The molecule has 1 aliphatic rings. The van der Waals surface area contributed by atoms with Crippen LogP contribution in [0.4, 0.5) is 0 Å². The van der Waals surface area contributed by atoms with E-state index in [1.165, 1.54) is 0 Å². The van der Waals surface area contributed by atoms with Gasteiger partial charge in [0.2, 0.25) is 0 Å². The lowest BCUT2D eigenvalue weighted by molar-refractivity contribution is 0.101. The first-order valence-corrected chi connectivity index (χ1v) is 6.70. The maximum atomic E-state index is 6.07. The molecule has 0 atom stereocenters. The number of aromatic amines is 1. The predicted octanol–water partition coefficient (Wildman–Crippen LogP) is 2.81. The van der Waals surface area contributed by atoms with Crippen LogP contribution in [0.1, 0.15) is 32.3 Å². The maximum Gasteiger partial charge on any atom is 0.145 e. The molecule has 2 N–H and O–H groups in total. The average Bonchev–Trinajstić information content (AvgIpc) is 2.81. The van der Waals surface area contributed by atoms with E-state index in [2.05, 4.69) is 37.1 Å². The SMILES string of the molecule is CCNCc1nc2c([nH]1)C(C)(C)Oc1ccccc1-2. The van der Waals surface area contributed by atoms with Crippen LogP contribution in [0.3, 0.4) is 0 Å². The summed E-state index contributed by atoms with van der Waals surface area (Å²) in [5.41, 5.74) is 2.76. The number of hydrogen-bond donors (Lipinski definition) is 2. The number of nitrogens with zero attached hydrogens (tertiary/aromatic N) is 1. The van der Waals surface area contributed by atoms with Crippen LogP contribution in [0, 0.1) is 0 Å². The first-order chi connectivity index (χ1) is 9.12. The van der Waals surface area contributed by atoms with Crippen molar-refractivity contribution in [1.82, 2.24) is 15.3 Å². The van der Waals surface area contributed by atoms with Gasteiger partial charge in [-0.3, -0.25) is 0 Å². The van der Waals surface area contributed by atoms with E-state index in [1.54, 1.807) is 0 Å². The summed E-state index contributed by atoms with van der Waals surface area (Å²) in [5, 5.41) is 3.29. The number of rotatable bonds is 3. The van der Waals surface area contributed by atoms with E-state index in [-0.39, 0.29) is 5.60 Å². The van der Waals surface area contributed by atoms with Crippen LogP contribution in [-0.2, 0) is 12.1 Å². The molecule has 0 bridgehead atoms. The molecule has 1 aromatic carbocycles. The summed E-state index contributed by atoms with van der Waals surface area (Å²) in [4.78, 5) is 8.13. The van der Waals surface area contributed by atoms with Crippen LogP contribution < -0.4 is 10.1 Å². The number of hydrogen-bond acceptors (Lipinski definition) is 3. The third kappa shape index (κ3) is 2.02. The third-order valence-corrected chi connectivity index (χ3v) is 3.40. The van der Waals surface area contributed by atoms with Gasteiger partial charge in [0.05, 0.1) is 17.9 Å². The largest absolute Gasteiger partial charge is 0.481 e. The summed E-state index contributed by atoms with van der Waals surface area (Å²) < 4.78 is 6.07. The molecule has 0 amide bonds. The lowest BCUT2D eigenvalue weighted by Gasteiger charge is -2.31. The predicted molar refractivity (Wildman–Crippen MR) is 75.1 cm³/mol. The van der Waals surface area contributed by atoms with Crippen molar-refractivity contribution in [3.63, 3.8) is 0 Å². The zero-order valence-electron chi connectivity index (χ0n) is 11.6. The highest BCUT2D eigenvalue weighted by Gasteiger charge is 2.35. The van der Waals surface area contributed by atoms with Gasteiger partial charge in [-0.25, -0.2) is 4.98 Å². The van der Waals surface area contributed by atoms with Crippen molar-refractivity contribution in [1.29, 1.82) is 0 Å². The van der Waals surface area contributed by atoms with Gasteiger partial charge in [-0.15, -0.1) is 0 Å². The van der Waals surface area contributed by atoms with E-state index in [9.17, 15) is 0 Å². The number of imidazole rings is 1. The average molecular weight is 257 g/mol. The summed E-state index contributed by atoms with van der Waals surface area (Å²) in [7, 11) is 0. The summed E-state index contributed by atoms with van der Waals surface area (Å²) in [6.45, 7) is 7.91. The molecule has 4 heteroatoms. The van der Waals surface area contributed by atoms with Crippen LogP contribution in [0.15, 0.2) is 24.3 Å². The van der Waals surface area contributed by atoms with Gasteiger partial charge in [0.15, 0.2) is 0 Å². The molecule has 2 heterocycles. The van der Waals surface area contributed by atoms with Gasteiger partial charge < -0.3 is 15.0 Å².